The predicted molar refractivity (Wildman–Crippen MR) is 52.2 cm³/mol. The van der Waals surface area contributed by atoms with Crippen LogP contribution in [0.3, 0.4) is 0 Å². The monoisotopic (exact) mass is 171 g/mol. The Kier molecular flexibility index (Phi) is 4.46. The minimum absolute atomic E-state index is 0.0741. The van der Waals surface area contributed by atoms with Crippen molar-refractivity contribution >= 4 is 5.78 Å². The molecular weight excluding hydrogens is 150 g/mol. The van der Waals surface area contributed by atoms with Crippen LogP contribution < -0.4 is 0 Å². The minimum Gasteiger partial charge on any atom is -0.300 e. The van der Waals surface area contributed by atoms with Crippen LogP contribution in [0, 0.1) is 11.8 Å². The summed E-state index contributed by atoms with van der Waals surface area (Å²) in [5.41, 5.74) is 0. The molecule has 0 aromatic carbocycles. The molecule has 0 heterocycles. The van der Waals surface area contributed by atoms with Crippen LogP contribution in [-0.2, 0) is 4.79 Å². The number of carbonyl (C=O) groups excluding carboxylic acids is 1. The van der Waals surface area contributed by atoms with Crippen LogP contribution in [-0.4, -0.2) is 30.8 Å². The Hall–Kier alpha value is -0.370. The number of likely N-dealkylation sites (N-methyl/N-ethyl adjacent to an activating group) is 1. The van der Waals surface area contributed by atoms with E-state index in [0.29, 0.717) is 11.7 Å². The third-order valence-electron chi connectivity index (χ3n) is 2.05. The summed E-state index contributed by atoms with van der Waals surface area (Å²) in [7, 11) is 3.93. The molecule has 0 N–H and O–H groups in total. The highest BCUT2D eigenvalue weighted by Gasteiger charge is 2.25. The summed E-state index contributed by atoms with van der Waals surface area (Å²) in [6.07, 6.45) is 0. The summed E-state index contributed by atoms with van der Waals surface area (Å²) < 4.78 is 0. The fourth-order valence-electron chi connectivity index (χ4n) is 1.52. The van der Waals surface area contributed by atoms with E-state index in [4.69, 9.17) is 0 Å². The second-order valence-electron chi connectivity index (χ2n) is 4.21. The molecule has 0 spiro atoms. The van der Waals surface area contributed by atoms with Gasteiger partial charge in [0, 0.05) is 5.92 Å². The Labute approximate surface area is 75.9 Å². The molecule has 0 aliphatic rings. The molecule has 0 saturated carbocycles. The molecule has 0 aromatic rings. The van der Waals surface area contributed by atoms with Gasteiger partial charge in [-0.05, 0) is 20.0 Å². The number of rotatable bonds is 4. The number of hydrogen-bond acceptors (Lipinski definition) is 2. The van der Waals surface area contributed by atoms with Crippen LogP contribution >= 0.6 is 0 Å². The lowest BCUT2D eigenvalue weighted by Gasteiger charge is -2.27. The average molecular weight is 171 g/mol. The zero-order valence-corrected chi connectivity index (χ0v) is 9.09. The fourth-order valence-corrected chi connectivity index (χ4v) is 1.52. The highest BCUT2D eigenvalue weighted by molar-refractivity contribution is 5.85. The Morgan fingerprint density at radius 1 is 1.08 bits per heavy atom. The maximum atomic E-state index is 11.7. The Balaban J connectivity index is 4.41. The maximum Gasteiger partial charge on any atom is 0.152 e. The van der Waals surface area contributed by atoms with Crippen molar-refractivity contribution in [1.29, 1.82) is 0 Å². The van der Waals surface area contributed by atoms with Gasteiger partial charge in [-0.25, -0.2) is 0 Å². The molecule has 0 radical (unpaired) electrons. The Morgan fingerprint density at radius 2 is 1.50 bits per heavy atom. The number of nitrogens with zero attached hydrogens (tertiary/aromatic N) is 1. The highest BCUT2D eigenvalue weighted by atomic mass is 16.1. The van der Waals surface area contributed by atoms with E-state index in [1.54, 1.807) is 0 Å². The molecule has 0 rings (SSSR count). The maximum absolute atomic E-state index is 11.7. The topological polar surface area (TPSA) is 20.3 Å². The summed E-state index contributed by atoms with van der Waals surface area (Å²) in [5, 5.41) is 0. The molecule has 0 bridgehead atoms. The molecule has 2 heteroatoms. The van der Waals surface area contributed by atoms with Gasteiger partial charge in [-0.2, -0.15) is 0 Å². The quantitative estimate of drug-likeness (QED) is 0.643. The minimum atomic E-state index is 0.0741. The summed E-state index contributed by atoms with van der Waals surface area (Å²) in [6, 6.07) is 0.0741. The molecule has 0 aliphatic carbocycles. The molecule has 0 fully saturated rings. The van der Waals surface area contributed by atoms with Crippen molar-refractivity contribution < 1.29 is 4.79 Å². The molecule has 72 valence electrons. The van der Waals surface area contributed by atoms with Crippen LogP contribution in [0.2, 0.25) is 0 Å². The molecule has 2 nitrogen and oxygen atoms in total. The summed E-state index contributed by atoms with van der Waals surface area (Å²) in [5.74, 6) is 0.879. The van der Waals surface area contributed by atoms with E-state index in [1.807, 2.05) is 32.8 Å². The van der Waals surface area contributed by atoms with Crippen LogP contribution in [0.4, 0.5) is 0 Å². The lowest BCUT2D eigenvalue weighted by atomic mass is 9.92. The van der Waals surface area contributed by atoms with Crippen LogP contribution in [0.5, 0.6) is 0 Å². The highest BCUT2D eigenvalue weighted by Crippen LogP contribution is 2.13. The lowest BCUT2D eigenvalue weighted by molar-refractivity contribution is -0.127. The predicted octanol–water partition coefficient (Wildman–Crippen LogP) is 1.80. The van der Waals surface area contributed by atoms with E-state index in [9.17, 15) is 4.79 Å². The fraction of sp³-hybridized carbons (Fsp3) is 0.900. The van der Waals surface area contributed by atoms with Gasteiger partial charge in [-0.3, -0.25) is 9.69 Å². The summed E-state index contributed by atoms with van der Waals surface area (Å²) >= 11 is 0. The normalized spacial score (nSPS) is 14.4. The first-order valence-electron chi connectivity index (χ1n) is 4.58. The van der Waals surface area contributed by atoms with Crippen LogP contribution in [0.15, 0.2) is 0 Å². The van der Waals surface area contributed by atoms with E-state index in [0.717, 1.165) is 0 Å². The third-order valence-corrected chi connectivity index (χ3v) is 2.05. The van der Waals surface area contributed by atoms with E-state index >= 15 is 0 Å². The third kappa shape index (κ3) is 2.94. The van der Waals surface area contributed by atoms with Crippen LogP contribution in [0.1, 0.15) is 27.7 Å². The van der Waals surface area contributed by atoms with Crippen molar-refractivity contribution in [2.75, 3.05) is 14.1 Å². The van der Waals surface area contributed by atoms with Gasteiger partial charge in [0.2, 0.25) is 0 Å². The second-order valence-corrected chi connectivity index (χ2v) is 4.21. The van der Waals surface area contributed by atoms with Crippen molar-refractivity contribution in [2.24, 2.45) is 11.8 Å². The van der Waals surface area contributed by atoms with Gasteiger partial charge in [0.05, 0.1) is 6.04 Å². The molecule has 0 aromatic heterocycles. The van der Waals surface area contributed by atoms with Gasteiger partial charge in [0.1, 0.15) is 0 Å². The van der Waals surface area contributed by atoms with Gasteiger partial charge in [0.15, 0.2) is 5.78 Å². The second kappa shape index (κ2) is 4.61. The number of hydrogen-bond donors (Lipinski definition) is 0. The van der Waals surface area contributed by atoms with Crippen LogP contribution in [0.25, 0.3) is 0 Å². The van der Waals surface area contributed by atoms with Crippen molar-refractivity contribution in [3.8, 4) is 0 Å². The average Bonchev–Trinajstić information content (AvgIpc) is 1.85. The molecular formula is C10H21NO. The van der Waals surface area contributed by atoms with Gasteiger partial charge in [0.25, 0.3) is 0 Å². The van der Waals surface area contributed by atoms with E-state index < -0.39 is 0 Å². The number of Topliss-reactive ketones (excluding diaryl/α,β-unsaturated/α-hetero) is 1. The van der Waals surface area contributed by atoms with Crippen molar-refractivity contribution in [3.63, 3.8) is 0 Å². The van der Waals surface area contributed by atoms with Gasteiger partial charge in [-0.15, -0.1) is 0 Å². The number of carbonyl (C=O) groups is 1. The van der Waals surface area contributed by atoms with Gasteiger partial charge >= 0.3 is 0 Å². The molecule has 0 amide bonds. The molecule has 0 aliphatic heterocycles. The van der Waals surface area contributed by atoms with Gasteiger partial charge < -0.3 is 0 Å². The molecule has 12 heavy (non-hydrogen) atoms. The Morgan fingerprint density at radius 3 is 1.58 bits per heavy atom. The molecule has 0 unspecified atom stereocenters. The zero-order chi connectivity index (χ0) is 9.89. The SMILES string of the molecule is CC(C)C(=O)[C@H](C(C)C)N(C)C. The lowest BCUT2D eigenvalue weighted by Crippen LogP contribution is -2.42. The zero-order valence-electron chi connectivity index (χ0n) is 9.09. The van der Waals surface area contributed by atoms with Crippen molar-refractivity contribution in [2.45, 2.75) is 33.7 Å². The van der Waals surface area contributed by atoms with E-state index in [-0.39, 0.29) is 12.0 Å². The first-order valence-corrected chi connectivity index (χ1v) is 4.58. The largest absolute Gasteiger partial charge is 0.300 e. The smallest absolute Gasteiger partial charge is 0.152 e. The van der Waals surface area contributed by atoms with E-state index in [2.05, 4.69) is 13.8 Å². The van der Waals surface area contributed by atoms with Crippen molar-refractivity contribution in [1.82, 2.24) is 4.90 Å². The number of ketones is 1. The van der Waals surface area contributed by atoms with E-state index in [1.165, 1.54) is 0 Å². The standard InChI is InChI=1S/C10H21NO/c1-7(2)9(11(5)6)10(12)8(3)4/h7-9H,1-6H3/t9-/m0/s1. The Bertz CT molecular complexity index is 142. The first-order chi connectivity index (χ1) is 5.37. The summed E-state index contributed by atoms with van der Waals surface area (Å²) in [6.45, 7) is 8.10. The van der Waals surface area contributed by atoms with Gasteiger partial charge in [-0.1, -0.05) is 27.7 Å². The molecule has 0 saturated heterocycles. The summed E-state index contributed by atoms with van der Waals surface area (Å²) in [4.78, 5) is 13.7. The van der Waals surface area contributed by atoms with Crippen molar-refractivity contribution in [3.05, 3.63) is 0 Å². The molecule has 1 atom stereocenters. The first kappa shape index (κ1) is 11.6.